The first-order valence-electron chi connectivity index (χ1n) is 6.36. The molecule has 2 rings (SSSR count). The van der Waals surface area contributed by atoms with Gasteiger partial charge in [-0.3, -0.25) is 0 Å². The highest BCUT2D eigenvalue weighted by Gasteiger charge is 2.16. The molecule has 0 aliphatic heterocycles. The molecule has 0 aliphatic carbocycles. The third-order valence-electron chi connectivity index (χ3n) is 3.01. The average Bonchev–Trinajstić information content (AvgIpc) is 2.80. The van der Waals surface area contributed by atoms with Crippen molar-refractivity contribution in [2.75, 3.05) is 6.54 Å². The van der Waals surface area contributed by atoms with Crippen LogP contribution in [0.5, 0.6) is 0 Å². The SMILES string of the molecule is CCCNC(c1ccc(C)c(Br)c1)c1ccc(Cl)s1. The lowest BCUT2D eigenvalue weighted by atomic mass is 10.0. The lowest BCUT2D eigenvalue weighted by Crippen LogP contribution is -2.22. The fourth-order valence-corrected chi connectivity index (χ4v) is 3.50. The van der Waals surface area contributed by atoms with Crippen molar-refractivity contribution in [2.24, 2.45) is 0 Å². The topological polar surface area (TPSA) is 12.0 Å². The lowest BCUT2D eigenvalue weighted by molar-refractivity contribution is 0.605. The van der Waals surface area contributed by atoms with Gasteiger partial charge in [0.1, 0.15) is 0 Å². The quantitative estimate of drug-likeness (QED) is 0.737. The molecular weight excluding hydrogens is 342 g/mol. The van der Waals surface area contributed by atoms with Crippen LogP contribution in [0.1, 0.15) is 35.4 Å². The molecule has 4 heteroatoms. The van der Waals surface area contributed by atoms with E-state index in [1.165, 1.54) is 16.0 Å². The first-order valence-corrected chi connectivity index (χ1v) is 8.35. The Morgan fingerprint density at radius 2 is 2.11 bits per heavy atom. The van der Waals surface area contributed by atoms with E-state index in [0.717, 1.165) is 21.8 Å². The van der Waals surface area contributed by atoms with Gasteiger partial charge in [-0.05, 0) is 49.2 Å². The van der Waals surface area contributed by atoms with E-state index in [1.54, 1.807) is 11.3 Å². The van der Waals surface area contributed by atoms with Gasteiger partial charge in [-0.2, -0.15) is 0 Å². The van der Waals surface area contributed by atoms with Gasteiger partial charge in [0.2, 0.25) is 0 Å². The number of rotatable bonds is 5. The summed E-state index contributed by atoms with van der Waals surface area (Å²) in [5.41, 5.74) is 2.52. The van der Waals surface area contributed by atoms with E-state index in [-0.39, 0.29) is 6.04 Å². The van der Waals surface area contributed by atoms with Crippen LogP contribution in [0.15, 0.2) is 34.8 Å². The monoisotopic (exact) mass is 357 g/mol. The van der Waals surface area contributed by atoms with Gasteiger partial charge < -0.3 is 5.32 Å². The van der Waals surface area contributed by atoms with E-state index in [9.17, 15) is 0 Å². The summed E-state index contributed by atoms with van der Waals surface area (Å²) in [7, 11) is 0. The minimum atomic E-state index is 0.217. The van der Waals surface area contributed by atoms with Gasteiger partial charge in [-0.25, -0.2) is 0 Å². The normalized spacial score (nSPS) is 12.6. The number of thiophene rings is 1. The van der Waals surface area contributed by atoms with Crippen LogP contribution in [0, 0.1) is 6.92 Å². The highest BCUT2D eigenvalue weighted by Crippen LogP contribution is 2.32. The first-order chi connectivity index (χ1) is 9.11. The third kappa shape index (κ3) is 3.82. The molecule has 1 aromatic carbocycles. The molecule has 1 nitrogen and oxygen atoms in total. The predicted octanol–water partition coefficient (Wildman–Crippen LogP) is 5.56. The summed E-state index contributed by atoms with van der Waals surface area (Å²) in [6.07, 6.45) is 1.11. The number of hydrogen-bond donors (Lipinski definition) is 1. The standard InChI is InChI=1S/C15H17BrClNS/c1-3-8-18-15(13-6-7-14(17)19-13)11-5-4-10(2)12(16)9-11/h4-7,9,15,18H,3,8H2,1-2H3. The maximum atomic E-state index is 6.06. The maximum Gasteiger partial charge on any atom is 0.0931 e. The first kappa shape index (κ1) is 15.0. The van der Waals surface area contributed by atoms with E-state index in [1.807, 2.05) is 6.07 Å². The van der Waals surface area contributed by atoms with Crippen LogP contribution in [0.25, 0.3) is 0 Å². The molecule has 0 saturated heterocycles. The number of aryl methyl sites for hydroxylation is 1. The third-order valence-corrected chi connectivity index (χ3v) is 5.16. The summed E-state index contributed by atoms with van der Waals surface area (Å²) in [5, 5.41) is 3.59. The molecule has 0 aliphatic rings. The van der Waals surface area contributed by atoms with Crippen molar-refractivity contribution in [1.29, 1.82) is 0 Å². The Balaban J connectivity index is 2.33. The molecule has 0 radical (unpaired) electrons. The highest BCUT2D eigenvalue weighted by molar-refractivity contribution is 9.10. The van der Waals surface area contributed by atoms with Crippen molar-refractivity contribution in [1.82, 2.24) is 5.32 Å². The Morgan fingerprint density at radius 3 is 2.68 bits per heavy atom. The van der Waals surface area contributed by atoms with Crippen LogP contribution >= 0.6 is 38.9 Å². The summed E-state index contributed by atoms with van der Waals surface area (Å²) < 4.78 is 1.99. The summed E-state index contributed by atoms with van der Waals surface area (Å²) in [6.45, 7) is 5.27. The molecule has 102 valence electrons. The van der Waals surface area contributed by atoms with Gasteiger partial charge in [0.15, 0.2) is 0 Å². The minimum absolute atomic E-state index is 0.217. The van der Waals surface area contributed by atoms with Crippen LogP contribution < -0.4 is 5.32 Å². The van der Waals surface area contributed by atoms with E-state index >= 15 is 0 Å². The zero-order chi connectivity index (χ0) is 13.8. The molecule has 0 fully saturated rings. The van der Waals surface area contributed by atoms with Crippen LogP contribution in [-0.4, -0.2) is 6.54 Å². The maximum absolute atomic E-state index is 6.06. The van der Waals surface area contributed by atoms with E-state index in [0.29, 0.717) is 0 Å². The van der Waals surface area contributed by atoms with Crippen LogP contribution in [-0.2, 0) is 0 Å². The molecule has 1 N–H and O–H groups in total. The molecule has 1 unspecified atom stereocenters. The lowest BCUT2D eigenvalue weighted by Gasteiger charge is -2.18. The molecule has 1 heterocycles. The van der Waals surface area contributed by atoms with Crippen LogP contribution in [0.3, 0.4) is 0 Å². The van der Waals surface area contributed by atoms with E-state index in [2.05, 4.69) is 59.4 Å². The van der Waals surface area contributed by atoms with Gasteiger partial charge >= 0.3 is 0 Å². The number of hydrogen-bond acceptors (Lipinski definition) is 2. The predicted molar refractivity (Wildman–Crippen MR) is 88.3 cm³/mol. The molecule has 19 heavy (non-hydrogen) atoms. The Hall–Kier alpha value is -0.350. The summed E-state index contributed by atoms with van der Waals surface area (Å²) in [5.74, 6) is 0. The molecular formula is C15H17BrClNS. The Labute approximate surface area is 132 Å². The zero-order valence-corrected chi connectivity index (χ0v) is 14.2. The summed E-state index contributed by atoms with van der Waals surface area (Å²) in [6, 6.07) is 10.8. The van der Waals surface area contributed by atoms with Crippen molar-refractivity contribution in [2.45, 2.75) is 26.3 Å². The Kier molecular flexibility index (Phi) is 5.46. The molecule has 1 aromatic heterocycles. The summed E-state index contributed by atoms with van der Waals surface area (Å²) in [4.78, 5) is 1.26. The second kappa shape index (κ2) is 6.89. The van der Waals surface area contributed by atoms with Crippen molar-refractivity contribution < 1.29 is 0 Å². The Bertz CT molecular complexity index is 553. The van der Waals surface area contributed by atoms with Gasteiger partial charge in [0.05, 0.1) is 10.4 Å². The minimum Gasteiger partial charge on any atom is -0.306 e. The van der Waals surface area contributed by atoms with Gasteiger partial charge in [-0.1, -0.05) is 46.6 Å². The fraction of sp³-hybridized carbons (Fsp3) is 0.333. The van der Waals surface area contributed by atoms with E-state index < -0.39 is 0 Å². The largest absolute Gasteiger partial charge is 0.306 e. The number of benzene rings is 1. The zero-order valence-electron chi connectivity index (χ0n) is 11.0. The molecule has 0 saturated carbocycles. The molecule has 0 bridgehead atoms. The van der Waals surface area contributed by atoms with Crippen LogP contribution in [0.2, 0.25) is 4.34 Å². The molecule has 2 aromatic rings. The fourth-order valence-electron chi connectivity index (χ4n) is 1.94. The molecule has 0 amide bonds. The molecule has 0 spiro atoms. The average molecular weight is 359 g/mol. The van der Waals surface area contributed by atoms with Gasteiger partial charge in [0, 0.05) is 9.35 Å². The van der Waals surface area contributed by atoms with Crippen molar-refractivity contribution in [3.05, 3.63) is 55.1 Å². The van der Waals surface area contributed by atoms with Crippen molar-refractivity contribution in [3.8, 4) is 0 Å². The molecule has 1 atom stereocenters. The van der Waals surface area contributed by atoms with Crippen LogP contribution in [0.4, 0.5) is 0 Å². The van der Waals surface area contributed by atoms with Crippen molar-refractivity contribution >= 4 is 38.9 Å². The van der Waals surface area contributed by atoms with Gasteiger partial charge in [0.25, 0.3) is 0 Å². The van der Waals surface area contributed by atoms with Crippen molar-refractivity contribution in [3.63, 3.8) is 0 Å². The summed E-state index contributed by atoms with van der Waals surface area (Å²) >= 11 is 11.3. The smallest absolute Gasteiger partial charge is 0.0931 e. The van der Waals surface area contributed by atoms with Gasteiger partial charge in [-0.15, -0.1) is 11.3 Å². The highest BCUT2D eigenvalue weighted by atomic mass is 79.9. The number of halogens is 2. The number of nitrogens with one attached hydrogen (secondary N) is 1. The second-order valence-electron chi connectivity index (χ2n) is 4.54. The van der Waals surface area contributed by atoms with E-state index in [4.69, 9.17) is 11.6 Å². The second-order valence-corrected chi connectivity index (χ2v) is 7.14. The Morgan fingerprint density at radius 1 is 1.32 bits per heavy atom.